The van der Waals surface area contributed by atoms with Crippen LogP contribution in [0.25, 0.3) is 0 Å². The van der Waals surface area contributed by atoms with Crippen LogP contribution in [0.4, 0.5) is 13.2 Å². The van der Waals surface area contributed by atoms with Gasteiger partial charge in [0.05, 0.1) is 23.9 Å². The van der Waals surface area contributed by atoms with Crippen molar-refractivity contribution in [2.75, 3.05) is 0 Å². The first-order chi connectivity index (χ1) is 18.0. The summed E-state index contributed by atoms with van der Waals surface area (Å²) in [6.45, 7) is 4.02. The van der Waals surface area contributed by atoms with Crippen LogP contribution in [0.15, 0.2) is 53.6 Å². The van der Waals surface area contributed by atoms with Crippen molar-refractivity contribution in [3.05, 3.63) is 86.6 Å². The minimum absolute atomic E-state index is 0.0416. The van der Waals surface area contributed by atoms with Gasteiger partial charge in [-0.25, -0.2) is 10.4 Å². The summed E-state index contributed by atoms with van der Waals surface area (Å²) in [7, 11) is 0. The van der Waals surface area contributed by atoms with Crippen LogP contribution in [0.1, 0.15) is 54.5 Å². The number of hydrogen-bond acceptors (Lipinski definition) is 6. The highest BCUT2D eigenvalue weighted by molar-refractivity contribution is 6.30. The predicted octanol–water partition coefficient (Wildman–Crippen LogP) is 4.88. The number of rotatable bonds is 6. The van der Waals surface area contributed by atoms with E-state index in [-0.39, 0.29) is 35.2 Å². The molecule has 3 aromatic rings. The maximum atomic E-state index is 13.7. The minimum Gasteiger partial charge on any atom is -0.449 e. The van der Waals surface area contributed by atoms with E-state index in [0.29, 0.717) is 5.92 Å². The van der Waals surface area contributed by atoms with E-state index in [1.807, 2.05) is 30.3 Å². The van der Waals surface area contributed by atoms with Gasteiger partial charge in [-0.3, -0.25) is 19.6 Å². The Morgan fingerprint density at radius 3 is 2.55 bits per heavy atom. The number of halogens is 4. The summed E-state index contributed by atoms with van der Waals surface area (Å²) in [4.78, 5) is 29.1. The molecule has 0 aliphatic carbocycles. The van der Waals surface area contributed by atoms with Crippen molar-refractivity contribution in [2.24, 2.45) is 0 Å². The van der Waals surface area contributed by atoms with E-state index < -0.39 is 35.1 Å². The average molecular weight is 546 g/mol. The standard InChI is InChI=1S/C26H23ClF3N5O3/c1-14(2)16-3-5-17(6-4-16)21-10-19(33-34-24(21)36)12-35-13-32-23(26(28,29)30)22(25(35)37)38-20-8-15(11-31)7-18(27)9-20/h3-9,13-14,19,21,33H,10,12H2,1-2H3,(H,34,36). The number of ether oxygens (including phenoxy) is 1. The summed E-state index contributed by atoms with van der Waals surface area (Å²) in [5.74, 6) is -1.72. The molecule has 0 saturated carbocycles. The first-order valence-electron chi connectivity index (χ1n) is 11.7. The van der Waals surface area contributed by atoms with Crippen LogP contribution < -0.4 is 21.1 Å². The smallest absolute Gasteiger partial charge is 0.437 e. The van der Waals surface area contributed by atoms with Crippen LogP contribution in [0.5, 0.6) is 11.5 Å². The van der Waals surface area contributed by atoms with Gasteiger partial charge in [-0.05, 0) is 41.7 Å². The van der Waals surface area contributed by atoms with Gasteiger partial charge in [-0.15, -0.1) is 0 Å². The average Bonchev–Trinajstić information content (AvgIpc) is 2.86. The molecule has 1 fully saturated rings. The Morgan fingerprint density at radius 2 is 1.92 bits per heavy atom. The van der Waals surface area contributed by atoms with E-state index in [0.717, 1.165) is 28.1 Å². The highest BCUT2D eigenvalue weighted by atomic mass is 35.5. The van der Waals surface area contributed by atoms with Crippen molar-refractivity contribution in [1.82, 2.24) is 20.4 Å². The van der Waals surface area contributed by atoms with Gasteiger partial charge in [0, 0.05) is 17.6 Å². The fourth-order valence-corrected chi connectivity index (χ4v) is 4.39. The van der Waals surface area contributed by atoms with Crippen molar-refractivity contribution in [3.8, 4) is 17.6 Å². The van der Waals surface area contributed by atoms with E-state index in [9.17, 15) is 22.8 Å². The van der Waals surface area contributed by atoms with Crippen molar-refractivity contribution >= 4 is 17.5 Å². The summed E-state index contributed by atoms with van der Waals surface area (Å²) >= 11 is 5.93. The van der Waals surface area contributed by atoms with Gasteiger partial charge in [0.15, 0.2) is 5.69 Å². The van der Waals surface area contributed by atoms with E-state index in [4.69, 9.17) is 21.6 Å². The molecule has 1 amide bonds. The fourth-order valence-electron chi connectivity index (χ4n) is 4.17. The Morgan fingerprint density at radius 1 is 1.21 bits per heavy atom. The molecule has 0 radical (unpaired) electrons. The lowest BCUT2D eigenvalue weighted by Gasteiger charge is -2.31. The first-order valence-corrected chi connectivity index (χ1v) is 12.0. The maximum Gasteiger partial charge on any atom is 0.437 e. The topological polar surface area (TPSA) is 109 Å². The molecule has 4 rings (SSSR count). The normalized spacial score (nSPS) is 17.7. The second-order valence-corrected chi connectivity index (χ2v) is 9.64. The van der Waals surface area contributed by atoms with Crippen LogP contribution in [0, 0.1) is 11.3 Å². The molecule has 198 valence electrons. The number of nitriles is 1. The molecule has 0 spiro atoms. The Labute approximate surface area is 221 Å². The zero-order valence-corrected chi connectivity index (χ0v) is 21.1. The summed E-state index contributed by atoms with van der Waals surface area (Å²) < 4.78 is 47.3. The van der Waals surface area contributed by atoms with E-state index in [1.54, 1.807) is 0 Å². The van der Waals surface area contributed by atoms with E-state index in [1.165, 1.54) is 12.1 Å². The molecule has 0 bridgehead atoms. The van der Waals surface area contributed by atoms with E-state index >= 15 is 0 Å². The van der Waals surface area contributed by atoms with Crippen molar-refractivity contribution < 1.29 is 22.7 Å². The van der Waals surface area contributed by atoms with E-state index in [2.05, 4.69) is 29.7 Å². The number of carbonyl (C=O) groups excluding carboxylic acids is 1. The predicted molar refractivity (Wildman–Crippen MR) is 133 cm³/mol. The fraction of sp³-hybridized carbons (Fsp3) is 0.308. The number of amides is 1. The molecular formula is C26H23ClF3N5O3. The van der Waals surface area contributed by atoms with Gasteiger partial charge >= 0.3 is 6.18 Å². The second kappa shape index (κ2) is 10.8. The maximum absolute atomic E-state index is 13.7. The molecule has 1 saturated heterocycles. The Bertz CT molecular complexity index is 1450. The number of nitrogens with zero attached hydrogens (tertiary/aromatic N) is 3. The molecule has 2 N–H and O–H groups in total. The number of hydrogen-bond donors (Lipinski definition) is 2. The van der Waals surface area contributed by atoms with Crippen molar-refractivity contribution in [3.63, 3.8) is 0 Å². The summed E-state index contributed by atoms with van der Waals surface area (Å²) in [5.41, 5.74) is 4.75. The summed E-state index contributed by atoms with van der Waals surface area (Å²) in [6, 6.07) is 12.6. The summed E-state index contributed by atoms with van der Waals surface area (Å²) in [5, 5.41) is 9.17. The van der Waals surface area contributed by atoms with Crippen molar-refractivity contribution in [1.29, 1.82) is 5.26 Å². The Hall–Kier alpha value is -3.88. The molecule has 12 heteroatoms. The molecule has 2 heterocycles. The molecule has 2 aromatic carbocycles. The first kappa shape index (κ1) is 27.2. The largest absolute Gasteiger partial charge is 0.449 e. The van der Waals surface area contributed by atoms with Crippen LogP contribution in [-0.4, -0.2) is 21.5 Å². The lowest BCUT2D eigenvalue weighted by atomic mass is 9.88. The number of nitrogens with one attached hydrogen (secondary N) is 2. The second-order valence-electron chi connectivity index (χ2n) is 9.21. The zero-order valence-electron chi connectivity index (χ0n) is 20.3. The van der Waals surface area contributed by atoms with Crippen LogP contribution in [-0.2, 0) is 17.5 Å². The van der Waals surface area contributed by atoms with Gasteiger partial charge in [0.1, 0.15) is 5.75 Å². The number of carbonyl (C=O) groups is 1. The SMILES string of the molecule is CC(C)c1ccc(C2CC(Cn3cnc(C(F)(F)F)c(Oc4cc(Cl)cc(C#N)c4)c3=O)NNC2=O)cc1. The lowest BCUT2D eigenvalue weighted by molar-refractivity contribution is -0.142. The molecular weight excluding hydrogens is 523 g/mol. The van der Waals surface area contributed by atoms with Crippen LogP contribution in [0.2, 0.25) is 5.02 Å². The highest BCUT2D eigenvalue weighted by Crippen LogP contribution is 2.35. The highest BCUT2D eigenvalue weighted by Gasteiger charge is 2.39. The molecule has 2 atom stereocenters. The quantitative estimate of drug-likeness (QED) is 0.457. The minimum atomic E-state index is -4.98. The van der Waals surface area contributed by atoms with Crippen LogP contribution >= 0.6 is 11.6 Å². The zero-order chi connectivity index (χ0) is 27.6. The third-order valence-corrected chi connectivity index (χ3v) is 6.36. The Balaban J connectivity index is 1.62. The van der Waals surface area contributed by atoms with Gasteiger partial charge in [-0.2, -0.15) is 18.4 Å². The van der Waals surface area contributed by atoms with Gasteiger partial charge in [0.25, 0.3) is 5.56 Å². The number of benzene rings is 2. The molecule has 1 aromatic heterocycles. The van der Waals surface area contributed by atoms with Gasteiger partial charge in [-0.1, -0.05) is 49.7 Å². The molecule has 8 nitrogen and oxygen atoms in total. The van der Waals surface area contributed by atoms with Crippen molar-refractivity contribution in [2.45, 2.75) is 50.9 Å². The third kappa shape index (κ3) is 5.98. The number of hydrazine groups is 1. The summed E-state index contributed by atoms with van der Waals surface area (Å²) in [6.07, 6.45) is -3.90. The molecule has 1 aliphatic rings. The lowest BCUT2D eigenvalue weighted by Crippen LogP contribution is -2.54. The molecule has 38 heavy (non-hydrogen) atoms. The number of alkyl halides is 3. The monoisotopic (exact) mass is 545 g/mol. The number of aromatic nitrogens is 2. The third-order valence-electron chi connectivity index (χ3n) is 6.14. The Kier molecular flexibility index (Phi) is 7.76. The van der Waals surface area contributed by atoms with Crippen LogP contribution in [0.3, 0.4) is 0 Å². The molecule has 2 unspecified atom stereocenters. The van der Waals surface area contributed by atoms with Gasteiger partial charge < -0.3 is 4.74 Å². The van der Waals surface area contributed by atoms with Gasteiger partial charge in [0.2, 0.25) is 11.7 Å². The molecule has 1 aliphatic heterocycles.